The molecule has 1 heterocycles. The van der Waals surface area contributed by atoms with Crippen LogP contribution < -0.4 is 16.0 Å². The Kier molecular flexibility index (Phi) is 4.95. The first-order valence-electron chi connectivity index (χ1n) is 8.19. The van der Waals surface area contributed by atoms with Crippen molar-refractivity contribution in [2.75, 3.05) is 31.2 Å². The number of hydrogen-bond donors (Lipinski definition) is 2. The zero-order valence-corrected chi connectivity index (χ0v) is 13.0. The lowest BCUT2D eigenvalue weighted by Gasteiger charge is -2.30. The molecule has 5 nitrogen and oxygen atoms in total. The van der Waals surface area contributed by atoms with Gasteiger partial charge < -0.3 is 20.7 Å². The Balaban J connectivity index is 1.63. The van der Waals surface area contributed by atoms with Gasteiger partial charge in [-0.3, -0.25) is 4.79 Å². The molecule has 0 spiro atoms. The van der Waals surface area contributed by atoms with Crippen LogP contribution >= 0.6 is 0 Å². The topological polar surface area (TPSA) is 67.6 Å². The first-order valence-corrected chi connectivity index (χ1v) is 8.19. The Morgan fingerprint density at radius 3 is 2.77 bits per heavy atom. The zero-order valence-electron chi connectivity index (χ0n) is 13.0. The molecular weight excluding hydrogens is 278 g/mol. The van der Waals surface area contributed by atoms with Crippen LogP contribution in [0.1, 0.15) is 24.8 Å². The Morgan fingerprint density at radius 1 is 1.27 bits per heavy atom. The molecule has 1 aliphatic heterocycles. The van der Waals surface area contributed by atoms with Crippen molar-refractivity contribution in [1.82, 2.24) is 5.32 Å². The van der Waals surface area contributed by atoms with E-state index in [0.29, 0.717) is 6.54 Å². The molecule has 3 N–H and O–H groups in total. The highest BCUT2D eigenvalue weighted by Gasteiger charge is 2.30. The Hall–Kier alpha value is -1.59. The summed E-state index contributed by atoms with van der Waals surface area (Å²) in [4.78, 5) is 14.6. The predicted octanol–water partition coefficient (Wildman–Crippen LogP) is 1.27. The number of carbonyl (C=O) groups is 1. The largest absolute Gasteiger partial charge is 0.378 e. The highest BCUT2D eigenvalue weighted by molar-refractivity contribution is 5.79. The molecule has 2 atom stereocenters. The summed E-state index contributed by atoms with van der Waals surface area (Å²) in [6.07, 6.45) is 2.93. The summed E-state index contributed by atoms with van der Waals surface area (Å²) in [6, 6.07) is 8.29. The van der Waals surface area contributed by atoms with E-state index in [1.807, 2.05) is 12.1 Å². The van der Waals surface area contributed by atoms with Gasteiger partial charge in [-0.15, -0.1) is 0 Å². The molecule has 1 aromatic rings. The fourth-order valence-electron chi connectivity index (χ4n) is 3.40. The molecule has 1 aliphatic carbocycles. The molecule has 5 heteroatoms. The quantitative estimate of drug-likeness (QED) is 0.879. The van der Waals surface area contributed by atoms with Gasteiger partial charge in [-0.1, -0.05) is 24.6 Å². The van der Waals surface area contributed by atoms with Crippen LogP contribution in [-0.4, -0.2) is 38.3 Å². The van der Waals surface area contributed by atoms with E-state index in [4.69, 9.17) is 10.5 Å². The van der Waals surface area contributed by atoms with Gasteiger partial charge in [0.1, 0.15) is 0 Å². The van der Waals surface area contributed by atoms with Crippen LogP contribution in [0.4, 0.5) is 5.69 Å². The third-order valence-corrected chi connectivity index (χ3v) is 4.70. The average Bonchev–Trinajstić information content (AvgIpc) is 3.00. The van der Waals surface area contributed by atoms with Gasteiger partial charge in [-0.25, -0.2) is 0 Å². The molecule has 2 fully saturated rings. The molecule has 2 aliphatic rings. The molecule has 1 saturated carbocycles. The zero-order chi connectivity index (χ0) is 15.4. The van der Waals surface area contributed by atoms with E-state index >= 15 is 0 Å². The molecule has 120 valence electrons. The summed E-state index contributed by atoms with van der Waals surface area (Å²) in [5, 5.41) is 3.07. The molecule has 1 saturated heterocycles. The van der Waals surface area contributed by atoms with Crippen molar-refractivity contribution in [3.8, 4) is 0 Å². The molecular formula is C17H25N3O2. The number of hydrogen-bond acceptors (Lipinski definition) is 4. The standard InChI is InChI=1S/C17H25N3O2/c18-15-6-3-5-14(15)17(21)19-12-13-4-1-2-7-16(13)20-8-10-22-11-9-20/h1-2,4,7,14-15H,3,5-6,8-12,18H2,(H,19,21)/t14-,15+/m1/s1. The number of carbonyl (C=O) groups excluding carboxylic acids is 1. The van der Waals surface area contributed by atoms with E-state index < -0.39 is 0 Å². The number of ether oxygens (including phenoxy) is 1. The fraction of sp³-hybridized carbons (Fsp3) is 0.588. The Labute approximate surface area is 131 Å². The maximum absolute atomic E-state index is 12.3. The van der Waals surface area contributed by atoms with E-state index in [-0.39, 0.29) is 17.9 Å². The van der Waals surface area contributed by atoms with Crippen molar-refractivity contribution in [3.05, 3.63) is 29.8 Å². The van der Waals surface area contributed by atoms with Crippen LogP contribution in [0.2, 0.25) is 0 Å². The summed E-state index contributed by atoms with van der Waals surface area (Å²) in [6.45, 7) is 3.89. The van der Waals surface area contributed by atoms with Gasteiger partial charge in [0, 0.05) is 31.4 Å². The number of para-hydroxylation sites is 1. The highest BCUT2D eigenvalue weighted by Crippen LogP contribution is 2.25. The fourth-order valence-corrected chi connectivity index (χ4v) is 3.40. The monoisotopic (exact) mass is 303 g/mol. The normalized spacial score (nSPS) is 25.2. The Morgan fingerprint density at radius 2 is 2.05 bits per heavy atom. The van der Waals surface area contributed by atoms with Crippen molar-refractivity contribution in [1.29, 1.82) is 0 Å². The van der Waals surface area contributed by atoms with Crippen molar-refractivity contribution in [2.45, 2.75) is 31.8 Å². The van der Waals surface area contributed by atoms with Gasteiger partial charge in [-0.2, -0.15) is 0 Å². The third kappa shape index (κ3) is 3.42. The minimum absolute atomic E-state index is 0.0180. The van der Waals surface area contributed by atoms with Gasteiger partial charge in [-0.05, 0) is 24.5 Å². The molecule has 0 aromatic heterocycles. The van der Waals surface area contributed by atoms with E-state index in [1.165, 1.54) is 5.69 Å². The maximum Gasteiger partial charge on any atom is 0.224 e. The summed E-state index contributed by atoms with van der Waals surface area (Å²) < 4.78 is 5.41. The SMILES string of the molecule is N[C@H]1CCC[C@H]1C(=O)NCc1ccccc1N1CCOCC1. The van der Waals surface area contributed by atoms with Crippen LogP contribution in [0.3, 0.4) is 0 Å². The molecule has 0 radical (unpaired) electrons. The van der Waals surface area contributed by atoms with Gasteiger partial charge in [0.2, 0.25) is 5.91 Å². The van der Waals surface area contributed by atoms with Crippen LogP contribution in [0, 0.1) is 5.92 Å². The molecule has 3 rings (SSSR count). The summed E-state index contributed by atoms with van der Waals surface area (Å²) in [5.74, 6) is 0.0809. The number of nitrogens with one attached hydrogen (secondary N) is 1. The highest BCUT2D eigenvalue weighted by atomic mass is 16.5. The molecule has 22 heavy (non-hydrogen) atoms. The van der Waals surface area contributed by atoms with Crippen LogP contribution in [0.25, 0.3) is 0 Å². The Bertz CT molecular complexity index is 514. The van der Waals surface area contributed by atoms with Crippen molar-refractivity contribution in [3.63, 3.8) is 0 Å². The number of morpholine rings is 1. The number of nitrogens with zero attached hydrogens (tertiary/aromatic N) is 1. The van der Waals surface area contributed by atoms with E-state index in [0.717, 1.165) is 51.1 Å². The minimum Gasteiger partial charge on any atom is -0.378 e. The first-order chi connectivity index (χ1) is 10.8. The summed E-state index contributed by atoms with van der Waals surface area (Å²) in [5.41, 5.74) is 8.37. The van der Waals surface area contributed by atoms with Crippen LogP contribution in [0.15, 0.2) is 24.3 Å². The number of benzene rings is 1. The van der Waals surface area contributed by atoms with Crippen molar-refractivity contribution < 1.29 is 9.53 Å². The maximum atomic E-state index is 12.3. The summed E-state index contributed by atoms with van der Waals surface area (Å²) >= 11 is 0. The molecule has 1 aromatic carbocycles. The smallest absolute Gasteiger partial charge is 0.224 e. The van der Waals surface area contributed by atoms with Gasteiger partial charge in [0.05, 0.1) is 19.1 Å². The van der Waals surface area contributed by atoms with E-state index in [2.05, 4.69) is 22.3 Å². The number of anilines is 1. The van der Waals surface area contributed by atoms with Gasteiger partial charge in [0.15, 0.2) is 0 Å². The molecule has 0 unspecified atom stereocenters. The second kappa shape index (κ2) is 7.11. The van der Waals surface area contributed by atoms with Gasteiger partial charge >= 0.3 is 0 Å². The second-order valence-electron chi connectivity index (χ2n) is 6.15. The minimum atomic E-state index is -0.0180. The van der Waals surface area contributed by atoms with Crippen molar-refractivity contribution in [2.24, 2.45) is 11.7 Å². The lowest BCUT2D eigenvalue weighted by atomic mass is 10.0. The first kappa shape index (κ1) is 15.3. The predicted molar refractivity (Wildman–Crippen MR) is 86.6 cm³/mol. The number of nitrogens with two attached hydrogens (primary N) is 1. The van der Waals surface area contributed by atoms with Crippen LogP contribution in [0.5, 0.6) is 0 Å². The average molecular weight is 303 g/mol. The van der Waals surface area contributed by atoms with Gasteiger partial charge in [0.25, 0.3) is 0 Å². The van der Waals surface area contributed by atoms with Crippen LogP contribution in [-0.2, 0) is 16.1 Å². The molecule has 0 bridgehead atoms. The third-order valence-electron chi connectivity index (χ3n) is 4.70. The molecule has 1 amide bonds. The van der Waals surface area contributed by atoms with Crippen molar-refractivity contribution >= 4 is 11.6 Å². The van der Waals surface area contributed by atoms with E-state index in [9.17, 15) is 4.79 Å². The number of rotatable bonds is 4. The summed E-state index contributed by atoms with van der Waals surface area (Å²) in [7, 11) is 0. The van der Waals surface area contributed by atoms with E-state index in [1.54, 1.807) is 0 Å². The lowest BCUT2D eigenvalue weighted by molar-refractivity contribution is -0.125. The second-order valence-corrected chi connectivity index (χ2v) is 6.15. The lowest BCUT2D eigenvalue weighted by Crippen LogP contribution is -2.39. The number of amides is 1.